The predicted octanol–water partition coefficient (Wildman–Crippen LogP) is 4.15. The second-order valence-corrected chi connectivity index (χ2v) is 6.53. The monoisotopic (exact) mass is 356 g/mol. The predicted molar refractivity (Wildman–Crippen MR) is 97.5 cm³/mol. The number of ether oxygens (including phenoxy) is 4. The van der Waals surface area contributed by atoms with Crippen molar-refractivity contribution in [1.29, 1.82) is 0 Å². The summed E-state index contributed by atoms with van der Waals surface area (Å²) in [7, 11) is 3.17. The topological polar surface area (TPSA) is 54.0 Å². The third-order valence-electron chi connectivity index (χ3n) is 4.92. The minimum absolute atomic E-state index is 0.0769. The number of carbonyl (C=O) groups excluding carboxylic acids is 1. The molecular formula is C21H24O5. The van der Waals surface area contributed by atoms with Gasteiger partial charge in [-0.1, -0.05) is 44.2 Å². The number of hydrogen-bond donors (Lipinski definition) is 0. The molecule has 1 aliphatic rings. The van der Waals surface area contributed by atoms with Crippen molar-refractivity contribution < 1.29 is 23.7 Å². The lowest BCUT2D eigenvalue weighted by atomic mass is 9.90. The molecule has 1 fully saturated rings. The van der Waals surface area contributed by atoms with Gasteiger partial charge in [-0.2, -0.15) is 0 Å². The Hall–Kier alpha value is -2.69. The molecule has 0 bridgehead atoms. The normalized spacial score (nSPS) is 22.0. The van der Waals surface area contributed by atoms with Crippen molar-refractivity contribution in [2.45, 2.75) is 26.6 Å². The van der Waals surface area contributed by atoms with E-state index in [1.165, 1.54) is 0 Å². The molecule has 2 aromatic carbocycles. The maximum absolute atomic E-state index is 11.9. The van der Waals surface area contributed by atoms with Crippen LogP contribution in [0.2, 0.25) is 0 Å². The minimum Gasteiger partial charge on any atom is -0.493 e. The van der Waals surface area contributed by atoms with Crippen LogP contribution in [-0.4, -0.2) is 20.2 Å². The Morgan fingerprint density at radius 1 is 1.00 bits per heavy atom. The highest BCUT2D eigenvalue weighted by Gasteiger charge is 2.40. The Kier molecular flexibility index (Phi) is 5.35. The van der Waals surface area contributed by atoms with E-state index < -0.39 is 0 Å². The average Bonchev–Trinajstić information content (AvgIpc) is 2.93. The number of esters is 1. The van der Waals surface area contributed by atoms with E-state index in [2.05, 4.69) is 0 Å². The van der Waals surface area contributed by atoms with E-state index in [1.807, 2.05) is 56.3 Å². The summed E-state index contributed by atoms with van der Waals surface area (Å²) in [6.45, 7) is 4.30. The van der Waals surface area contributed by atoms with Crippen LogP contribution in [0.15, 0.2) is 42.5 Å². The molecule has 138 valence electrons. The fourth-order valence-electron chi connectivity index (χ4n) is 3.12. The molecule has 3 atom stereocenters. The van der Waals surface area contributed by atoms with Gasteiger partial charge in [0.15, 0.2) is 11.5 Å². The highest BCUT2D eigenvalue weighted by Crippen LogP contribution is 2.45. The van der Waals surface area contributed by atoms with Crippen LogP contribution < -0.4 is 14.2 Å². The summed E-state index contributed by atoms with van der Waals surface area (Å²) >= 11 is 0. The zero-order chi connectivity index (χ0) is 18.7. The standard InChI is InChI=1S/C21H24O5/c1-13-14(2)21(22)26-19(13)16-10-17(23-3)20(18(11-16)24-4)25-12-15-8-6-5-7-9-15/h5-11,13-14,19H,12H2,1-4H3/t13-,14+,19+/m0/s1. The molecule has 1 aliphatic heterocycles. The van der Waals surface area contributed by atoms with E-state index in [9.17, 15) is 4.79 Å². The van der Waals surface area contributed by atoms with Crippen molar-refractivity contribution in [2.24, 2.45) is 11.8 Å². The summed E-state index contributed by atoms with van der Waals surface area (Å²) in [5.41, 5.74) is 1.89. The fourth-order valence-corrected chi connectivity index (χ4v) is 3.12. The number of carbonyl (C=O) groups is 1. The summed E-state index contributed by atoms with van der Waals surface area (Å²) < 4.78 is 22.6. The molecule has 2 aromatic rings. The van der Waals surface area contributed by atoms with Gasteiger partial charge in [-0.3, -0.25) is 4.79 Å². The van der Waals surface area contributed by atoms with E-state index in [0.717, 1.165) is 11.1 Å². The maximum atomic E-state index is 11.9. The third kappa shape index (κ3) is 3.47. The number of methoxy groups -OCH3 is 2. The fraction of sp³-hybridized carbons (Fsp3) is 0.381. The lowest BCUT2D eigenvalue weighted by molar-refractivity contribution is -0.144. The van der Waals surface area contributed by atoms with Crippen LogP contribution in [0.1, 0.15) is 31.1 Å². The second-order valence-electron chi connectivity index (χ2n) is 6.53. The highest BCUT2D eigenvalue weighted by atomic mass is 16.6. The number of benzene rings is 2. The molecule has 0 aromatic heterocycles. The van der Waals surface area contributed by atoms with Crippen LogP contribution in [0, 0.1) is 11.8 Å². The van der Waals surface area contributed by atoms with Gasteiger partial charge in [-0.15, -0.1) is 0 Å². The van der Waals surface area contributed by atoms with E-state index in [1.54, 1.807) is 14.2 Å². The van der Waals surface area contributed by atoms with Crippen molar-refractivity contribution in [3.63, 3.8) is 0 Å². The number of hydrogen-bond acceptors (Lipinski definition) is 5. The van der Waals surface area contributed by atoms with Gasteiger partial charge < -0.3 is 18.9 Å². The Morgan fingerprint density at radius 2 is 1.62 bits per heavy atom. The third-order valence-corrected chi connectivity index (χ3v) is 4.92. The summed E-state index contributed by atoms with van der Waals surface area (Å²) in [6.07, 6.45) is -0.316. The van der Waals surface area contributed by atoms with Gasteiger partial charge in [-0.25, -0.2) is 0 Å². The van der Waals surface area contributed by atoms with Crippen LogP contribution in [0.4, 0.5) is 0 Å². The molecule has 1 heterocycles. The summed E-state index contributed by atoms with van der Waals surface area (Å²) in [4.78, 5) is 11.9. The largest absolute Gasteiger partial charge is 0.493 e. The first-order chi connectivity index (χ1) is 12.5. The molecule has 0 saturated carbocycles. The minimum atomic E-state index is -0.316. The van der Waals surface area contributed by atoms with Gasteiger partial charge in [0.1, 0.15) is 12.7 Å². The van der Waals surface area contributed by atoms with Crippen molar-refractivity contribution in [3.05, 3.63) is 53.6 Å². The Balaban J connectivity index is 1.90. The zero-order valence-corrected chi connectivity index (χ0v) is 15.5. The van der Waals surface area contributed by atoms with Gasteiger partial charge >= 0.3 is 5.97 Å². The highest BCUT2D eigenvalue weighted by molar-refractivity contribution is 5.75. The molecule has 0 spiro atoms. The molecule has 0 N–H and O–H groups in total. The molecule has 0 aliphatic carbocycles. The first-order valence-electron chi connectivity index (χ1n) is 8.68. The first-order valence-corrected chi connectivity index (χ1v) is 8.68. The van der Waals surface area contributed by atoms with Crippen LogP contribution in [0.5, 0.6) is 17.2 Å². The molecule has 5 heteroatoms. The zero-order valence-electron chi connectivity index (χ0n) is 15.5. The maximum Gasteiger partial charge on any atom is 0.309 e. The van der Waals surface area contributed by atoms with Crippen LogP contribution in [-0.2, 0) is 16.1 Å². The van der Waals surface area contributed by atoms with Gasteiger partial charge in [0.2, 0.25) is 5.75 Å². The Morgan fingerprint density at radius 3 is 2.12 bits per heavy atom. The molecule has 0 radical (unpaired) electrons. The van der Waals surface area contributed by atoms with Gasteiger partial charge in [-0.05, 0) is 17.7 Å². The molecular weight excluding hydrogens is 332 g/mol. The van der Waals surface area contributed by atoms with E-state index in [0.29, 0.717) is 23.9 Å². The van der Waals surface area contributed by atoms with Crippen LogP contribution in [0.25, 0.3) is 0 Å². The summed E-state index contributed by atoms with van der Waals surface area (Å²) in [5, 5.41) is 0. The van der Waals surface area contributed by atoms with E-state index in [4.69, 9.17) is 18.9 Å². The van der Waals surface area contributed by atoms with E-state index >= 15 is 0 Å². The molecule has 0 unspecified atom stereocenters. The number of cyclic esters (lactones) is 1. The molecule has 3 rings (SSSR count). The molecule has 1 saturated heterocycles. The van der Waals surface area contributed by atoms with Crippen molar-refractivity contribution in [1.82, 2.24) is 0 Å². The average molecular weight is 356 g/mol. The lowest BCUT2D eigenvalue weighted by Crippen LogP contribution is -2.10. The van der Waals surface area contributed by atoms with Crippen LogP contribution >= 0.6 is 0 Å². The molecule has 0 amide bonds. The molecule has 5 nitrogen and oxygen atoms in total. The lowest BCUT2D eigenvalue weighted by Gasteiger charge is -2.20. The summed E-state index contributed by atoms with van der Waals surface area (Å²) in [6, 6.07) is 13.6. The van der Waals surface area contributed by atoms with Crippen molar-refractivity contribution >= 4 is 5.97 Å². The van der Waals surface area contributed by atoms with Gasteiger partial charge in [0.05, 0.1) is 20.1 Å². The first kappa shape index (κ1) is 18.1. The quantitative estimate of drug-likeness (QED) is 0.728. The Labute approximate surface area is 153 Å². The van der Waals surface area contributed by atoms with Gasteiger partial charge in [0.25, 0.3) is 0 Å². The Bertz CT molecular complexity index is 746. The van der Waals surface area contributed by atoms with Crippen molar-refractivity contribution in [3.8, 4) is 17.2 Å². The van der Waals surface area contributed by atoms with Gasteiger partial charge in [0, 0.05) is 11.5 Å². The second kappa shape index (κ2) is 7.68. The van der Waals surface area contributed by atoms with Crippen LogP contribution in [0.3, 0.4) is 0 Å². The number of rotatable bonds is 6. The molecule has 26 heavy (non-hydrogen) atoms. The smallest absolute Gasteiger partial charge is 0.309 e. The summed E-state index contributed by atoms with van der Waals surface area (Å²) in [5.74, 6) is 1.41. The van der Waals surface area contributed by atoms with E-state index in [-0.39, 0.29) is 23.9 Å². The van der Waals surface area contributed by atoms with Crippen molar-refractivity contribution in [2.75, 3.05) is 14.2 Å². The SMILES string of the molecule is COc1cc([C@@H]2OC(=O)[C@H](C)[C@@H]2C)cc(OC)c1OCc1ccccc1.